The van der Waals surface area contributed by atoms with Crippen molar-refractivity contribution in [2.24, 2.45) is 0 Å². The smallest absolute Gasteiger partial charge is 0.221 e. The number of benzene rings is 1. The monoisotopic (exact) mass is 244 g/mol. The summed E-state index contributed by atoms with van der Waals surface area (Å²) in [6, 6.07) is 4.06. The highest BCUT2D eigenvalue weighted by Gasteiger charge is 2.38. The maximum atomic E-state index is 11.2. The fourth-order valence-corrected chi connectivity index (χ4v) is 2.69. The van der Waals surface area contributed by atoms with E-state index in [9.17, 15) is 4.79 Å². The van der Waals surface area contributed by atoms with E-state index in [0.717, 1.165) is 16.9 Å². The standard InChI is InChI=1S/C15H20N2O/c1-9-7-12(16-11(3)18)8-13-14(9)17(6)10(2)15(13,4)5/h7-8H,2H2,1,3-6H3,(H,16,18). The molecule has 96 valence electrons. The Kier molecular flexibility index (Phi) is 2.73. The number of nitrogens with zero attached hydrogens (tertiary/aromatic N) is 1. The molecule has 0 aliphatic carbocycles. The lowest BCUT2D eigenvalue weighted by molar-refractivity contribution is -0.114. The van der Waals surface area contributed by atoms with Crippen LogP contribution >= 0.6 is 0 Å². The molecule has 1 N–H and O–H groups in total. The Morgan fingerprint density at radius 2 is 2.00 bits per heavy atom. The third-order valence-corrected chi connectivity index (χ3v) is 3.76. The molecule has 1 aromatic carbocycles. The zero-order valence-electron chi connectivity index (χ0n) is 11.7. The lowest BCUT2D eigenvalue weighted by atomic mass is 9.83. The Balaban J connectivity index is 2.61. The van der Waals surface area contributed by atoms with E-state index in [1.165, 1.54) is 18.2 Å². The Hall–Kier alpha value is -1.77. The molecule has 1 aromatic rings. The maximum Gasteiger partial charge on any atom is 0.221 e. The summed E-state index contributed by atoms with van der Waals surface area (Å²) in [5.74, 6) is -0.0441. The van der Waals surface area contributed by atoms with Crippen molar-refractivity contribution in [1.29, 1.82) is 0 Å². The van der Waals surface area contributed by atoms with Gasteiger partial charge in [-0.2, -0.15) is 0 Å². The van der Waals surface area contributed by atoms with Gasteiger partial charge in [0, 0.05) is 36.5 Å². The number of fused-ring (bicyclic) bond motifs is 1. The summed E-state index contributed by atoms with van der Waals surface area (Å²) in [5.41, 5.74) is 5.43. The fraction of sp³-hybridized carbons (Fsp3) is 0.400. The van der Waals surface area contributed by atoms with Crippen molar-refractivity contribution in [3.05, 3.63) is 35.5 Å². The summed E-state index contributed by atoms with van der Waals surface area (Å²) >= 11 is 0. The third kappa shape index (κ3) is 1.70. The van der Waals surface area contributed by atoms with Gasteiger partial charge in [-0.05, 0) is 30.2 Å². The van der Waals surface area contributed by atoms with Crippen molar-refractivity contribution in [3.63, 3.8) is 0 Å². The van der Waals surface area contributed by atoms with Gasteiger partial charge < -0.3 is 10.2 Å². The van der Waals surface area contributed by atoms with E-state index in [2.05, 4.69) is 43.6 Å². The van der Waals surface area contributed by atoms with E-state index in [1.807, 2.05) is 13.1 Å². The highest BCUT2D eigenvalue weighted by atomic mass is 16.1. The zero-order chi connectivity index (χ0) is 13.7. The molecule has 1 heterocycles. The molecule has 3 nitrogen and oxygen atoms in total. The first kappa shape index (κ1) is 12.7. The molecular formula is C15H20N2O. The molecule has 1 aliphatic rings. The second-order valence-corrected chi connectivity index (χ2v) is 5.50. The average Bonchev–Trinajstić information content (AvgIpc) is 2.40. The molecule has 0 fully saturated rings. The summed E-state index contributed by atoms with van der Waals surface area (Å²) in [7, 11) is 2.04. The molecule has 0 saturated carbocycles. The first-order valence-corrected chi connectivity index (χ1v) is 6.11. The summed E-state index contributed by atoms with van der Waals surface area (Å²) < 4.78 is 0. The lowest BCUT2D eigenvalue weighted by Crippen LogP contribution is -2.21. The van der Waals surface area contributed by atoms with Crippen LogP contribution in [0.5, 0.6) is 0 Å². The van der Waals surface area contributed by atoms with E-state index in [4.69, 9.17) is 0 Å². The molecule has 1 aliphatic heterocycles. The molecule has 3 heteroatoms. The lowest BCUT2D eigenvalue weighted by Gasteiger charge is -2.22. The highest BCUT2D eigenvalue weighted by molar-refractivity contribution is 5.90. The molecule has 0 atom stereocenters. The zero-order valence-corrected chi connectivity index (χ0v) is 11.7. The van der Waals surface area contributed by atoms with E-state index in [-0.39, 0.29) is 11.3 Å². The normalized spacial score (nSPS) is 16.7. The largest absolute Gasteiger partial charge is 0.347 e. The minimum absolute atomic E-state index is 0.0441. The number of rotatable bonds is 1. The van der Waals surface area contributed by atoms with Crippen molar-refractivity contribution in [2.75, 3.05) is 17.3 Å². The minimum atomic E-state index is -0.0939. The van der Waals surface area contributed by atoms with Crippen molar-refractivity contribution < 1.29 is 4.79 Å². The van der Waals surface area contributed by atoms with Crippen molar-refractivity contribution >= 4 is 17.3 Å². The van der Waals surface area contributed by atoms with Gasteiger partial charge in [0.15, 0.2) is 0 Å². The van der Waals surface area contributed by atoms with Gasteiger partial charge in [-0.1, -0.05) is 20.4 Å². The summed E-state index contributed by atoms with van der Waals surface area (Å²) in [6.07, 6.45) is 0. The van der Waals surface area contributed by atoms with Crippen LogP contribution in [0.3, 0.4) is 0 Å². The third-order valence-electron chi connectivity index (χ3n) is 3.76. The Labute approximate surface area is 108 Å². The fourth-order valence-electron chi connectivity index (χ4n) is 2.69. The van der Waals surface area contributed by atoms with Crippen LogP contribution in [0.4, 0.5) is 11.4 Å². The molecule has 0 unspecified atom stereocenters. The number of hydrogen-bond acceptors (Lipinski definition) is 2. The highest BCUT2D eigenvalue weighted by Crippen LogP contribution is 2.48. The molecule has 0 spiro atoms. The number of carbonyl (C=O) groups is 1. The van der Waals surface area contributed by atoms with Crippen LogP contribution in [0.1, 0.15) is 31.9 Å². The van der Waals surface area contributed by atoms with Crippen LogP contribution in [-0.2, 0) is 10.2 Å². The minimum Gasteiger partial charge on any atom is -0.347 e. The number of likely N-dealkylation sites (N-methyl/N-ethyl adjacent to an activating group) is 1. The maximum absolute atomic E-state index is 11.2. The van der Waals surface area contributed by atoms with Crippen LogP contribution in [0.15, 0.2) is 24.4 Å². The molecule has 1 amide bonds. The molecule has 2 rings (SSSR count). The van der Waals surface area contributed by atoms with Gasteiger partial charge in [0.25, 0.3) is 0 Å². The van der Waals surface area contributed by atoms with Gasteiger partial charge in [0.1, 0.15) is 0 Å². The van der Waals surface area contributed by atoms with Crippen LogP contribution in [0, 0.1) is 6.92 Å². The summed E-state index contributed by atoms with van der Waals surface area (Å²) in [5, 5.41) is 2.86. The number of allylic oxidation sites excluding steroid dienone is 1. The predicted molar refractivity (Wildman–Crippen MR) is 76.1 cm³/mol. The number of nitrogens with one attached hydrogen (secondary N) is 1. The first-order chi connectivity index (χ1) is 8.25. The number of aryl methyl sites for hydroxylation is 1. The van der Waals surface area contributed by atoms with Crippen LogP contribution in [0.25, 0.3) is 0 Å². The van der Waals surface area contributed by atoms with Crippen molar-refractivity contribution in [2.45, 2.75) is 33.1 Å². The van der Waals surface area contributed by atoms with E-state index >= 15 is 0 Å². The van der Waals surface area contributed by atoms with Crippen LogP contribution < -0.4 is 10.2 Å². The molecule has 0 saturated heterocycles. The average molecular weight is 244 g/mol. The second-order valence-electron chi connectivity index (χ2n) is 5.50. The van der Waals surface area contributed by atoms with Crippen molar-refractivity contribution in [3.8, 4) is 0 Å². The molecule has 0 bridgehead atoms. The number of hydrogen-bond donors (Lipinski definition) is 1. The van der Waals surface area contributed by atoms with E-state index < -0.39 is 0 Å². The Morgan fingerprint density at radius 1 is 1.39 bits per heavy atom. The quantitative estimate of drug-likeness (QED) is 0.822. The van der Waals surface area contributed by atoms with Gasteiger partial charge >= 0.3 is 0 Å². The summed E-state index contributed by atoms with van der Waals surface area (Å²) in [4.78, 5) is 13.3. The second kappa shape index (κ2) is 3.87. The van der Waals surface area contributed by atoms with Gasteiger partial charge in [0.2, 0.25) is 5.91 Å². The summed E-state index contributed by atoms with van der Waals surface area (Å²) in [6.45, 7) is 12.1. The van der Waals surface area contributed by atoms with Crippen LogP contribution in [0.2, 0.25) is 0 Å². The topological polar surface area (TPSA) is 32.3 Å². The molecular weight excluding hydrogens is 224 g/mol. The van der Waals surface area contributed by atoms with Gasteiger partial charge in [-0.3, -0.25) is 4.79 Å². The van der Waals surface area contributed by atoms with Gasteiger partial charge in [0.05, 0.1) is 0 Å². The van der Waals surface area contributed by atoms with E-state index in [1.54, 1.807) is 0 Å². The predicted octanol–water partition coefficient (Wildman–Crippen LogP) is 3.19. The number of carbonyl (C=O) groups excluding carboxylic acids is 1. The van der Waals surface area contributed by atoms with Gasteiger partial charge in [-0.15, -0.1) is 0 Å². The van der Waals surface area contributed by atoms with Crippen molar-refractivity contribution in [1.82, 2.24) is 0 Å². The Bertz CT molecular complexity index is 544. The van der Waals surface area contributed by atoms with Crippen LogP contribution in [-0.4, -0.2) is 13.0 Å². The molecule has 0 radical (unpaired) electrons. The number of anilines is 2. The molecule has 18 heavy (non-hydrogen) atoms. The van der Waals surface area contributed by atoms with E-state index in [0.29, 0.717) is 0 Å². The van der Waals surface area contributed by atoms with Gasteiger partial charge in [-0.25, -0.2) is 0 Å². The SMILES string of the molecule is C=C1N(C)c2c(C)cc(NC(C)=O)cc2C1(C)C. The Morgan fingerprint density at radius 3 is 2.56 bits per heavy atom. The first-order valence-electron chi connectivity index (χ1n) is 6.11. The molecule has 0 aromatic heterocycles. The number of amides is 1.